The molecule has 4 heteroatoms. The maximum atomic E-state index is 11.5. The summed E-state index contributed by atoms with van der Waals surface area (Å²) >= 11 is 5.74. The van der Waals surface area contributed by atoms with Crippen molar-refractivity contribution in [3.8, 4) is 6.07 Å². The van der Waals surface area contributed by atoms with E-state index in [1.807, 2.05) is 13.0 Å². The number of nitrogens with zero attached hydrogens (tertiary/aromatic N) is 1. The fourth-order valence-corrected chi connectivity index (χ4v) is 1.26. The van der Waals surface area contributed by atoms with Crippen molar-refractivity contribution in [2.45, 2.75) is 13.3 Å². The van der Waals surface area contributed by atoms with Crippen LogP contribution in [0.4, 0.5) is 0 Å². The third-order valence-corrected chi connectivity index (χ3v) is 2.21. The third kappa shape index (κ3) is 4.29. The van der Waals surface area contributed by atoms with Crippen molar-refractivity contribution in [1.29, 1.82) is 5.26 Å². The number of benzene rings is 1. The van der Waals surface area contributed by atoms with E-state index in [4.69, 9.17) is 21.6 Å². The van der Waals surface area contributed by atoms with E-state index in [1.165, 1.54) is 6.08 Å². The van der Waals surface area contributed by atoms with Crippen LogP contribution in [0.5, 0.6) is 0 Å². The quantitative estimate of drug-likeness (QED) is 0.468. The van der Waals surface area contributed by atoms with Crippen LogP contribution in [0, 0.1) is 11.3 Å². The molecular weight excluding hydrogens is 238 g/mol. The molecule has 0 aliphatic rings. The van der Waals surface area contributed by atoms with Gasteiger partial charge >= 0.3 is 5.97 Å². The number of halogens is 1. The lowest BCUT2D eigenvalue weighted by molar-refractivity contribution is -0.138. The molecule has 0 radical (unpaired) electrons. The van der Waals surface area contributed by atoms with E-state index in [9.17, 15) is 4.79 Å². The van der Waals surface area contributed by atoms with Crippen LogP contribution in [0.25, 0.3) is 6.08 Å². The van der Waals surface area contributed by atoms with E-state index in [0.717, 1.165) is 12.0 Å². The number of carbonyl (C=O) groups is 1. The standard InChI is InChI=1S/C13H12ClNO2/c1-2-7-17-13(16)11(9-15)8-10-3-5-12(14)6-4-10/h3-6,8H,2,7H2,1H3/b11-8+. The van der Waals surface area contributed by atoms with Crippen molar-refractivity contribution in [3.63, 3.8) is 0 Å². The number of carbonyl (C=O) groups excluding carboxylic acids is 1. The van der Waals surface area contributed by atoms with Gasteiger partial charge in [-0.15, -0.1) is 0 Å². The van der Waals surface area contributed by atoms with Crippen LogP contribution in [-0.4, -0.2) is 12.6 Å². The summed E-state index contributed by atoms with van der Waals surface area (Å²) in [4.78, 5) is 11.5. The molecule has 3 nitrogen and oxygen atoms in total. The zero-order valence-electron chi connectivity index (χ0n) is 9.44. The van der Waals surface area contributed by atoms with Gasteiger partial charge in [-0.05, 0) is 30.2 Å². The lowest BCUT2D eigenvalue weighted by Crippen LogP contribution is -2.07. The van der Waals surface area contributed by atoms with Gasteiger partial charge in [0.25, 0.3) is 0 Å². The van der Waals surface area contributed by atoms with Gasteiger partial charge in [-0.3, -0.25) is 0 Å². The van der Waals surface area contributed by atoms with Gasteiger partial charge in [-0.2, -0.15) is 5.26 Å². The molecule has 0 aromatic heterocycles. The topological polar surface area (TPSA) is 50.1 Å². The number of rotatable bonds is 4. The minimum Gasteiger partial charge on any atom is -0.462 e. The minimum absolute atomic E-state index is 0.0132. The van der Waals surface area contributed by atoms with Crippen LogP contribution in [0.2, 0.25) is 5.02 Å². The molecule has 0 N–H and O–H groups in total. The van der Waals surface area contributed by atoms with E-state index in [2.05, 4.69) is 0 Å². The molecule has 0 spiro atoms. The number of hydrogen-bond donors (Lipinski definition) is 0. The maximum absolute atomic E-state index is 11.5. The Kier molecular flexibility index (Phi) is 5.25. The van der Waals surface area contributed by atoms with Gasteiger partial charge in [-0.1, -0.05) is 30.7 Å². The molecule has 1 aromatic rings. The highest BCUT2D eigenvalue weighted by Crippen LogP contribution is 2.13. The predicted octanol–water partition coefficient (Wildman–Crippen LogP) is 3.20. The molecule has 0 saturated heterocycles. The lowest BCUT2D eigenvalue weighted by Gasteiger charge is -2.01. The van der Waals surface area contributed by atoms with Crippen LogP contribution in [0.3, 0.4) is 0 Å². The fraction of sp³-hybridized carbons (Fsp3) is 0.231. The van der Waals surface area contributed by atoms with E-state index < -0.39 is 5.97 Å². The molecular formula is C13H12ClNO2. The Balaban J connectivity index is 2.83. The molecule has 1 aromatic carbocycles. The predicted molar refractivity (Wildman–Crippen MR) is 66.3 cm³/mol. The summed E-state index contributed by atoms with van der Waals surface area (Å²) in [6.45, 7) is 2.21. The molecule has 0 fully saturated rings. The molecule has 17 heavy (non-hydrogen) atoms. The summed E-state index contributed by atoms with van der Waals surface area (Å²) in [7, 11) is 0. The molecule has 1 rings (SSSR count). The Bertz CT molecular complexity index is 457. The van der Waals surface area contributed by atoms with Gasteiger partial charge in [0.2, 0.25) is 0 Å². The first-order valence-electron chi connectivity index (χ1n) is 5.22. The highest BCUT2D eigenvalue weighted by molar-refractivity contribution is 6.30. The Labute approximate surface area is 105 Å². The molecule has 0 atom stereocenters. The lowest BCUT2D eigenvalue weighted by atomic mass is 10.1. The van der Waals surface area contributed by atoms with Crippen LogP contribution >= 0.6 is 11.6 Å². The first-order chi connectivity index (χ1) is 8.17. The largest absolute Gasteiger partial charge is 0.462 e. The van der Waals surface area contributed by atoms with Crippen molar-refractivity contribution >= 4 is 23.6 Å². The summed E-state index contributed by atoms with van der Waals surface area (Å²) in [5.41, 5.74) is 0.722. The molecule has 0 heterocycles. The zero-order chi connectivity index (χ0) is 12.7. The summed E-state index contributed by atoms with van der Waals surface area (Å²) in [5, 5.41) is 9.47. The number of hydrogen-bond acceptors (Lipinski definition) is 3. The first kappa shape index (κ1) is 13.3. The maximum Gasteiger partial charge on any atom is 0.348 e. The first-order valence-corrected chi connectivity index (χ1v) is 5.59. The summed E-state index contributed by atoms with van der Waals surface area (Å²) in [5.74, 6) is -0.593. The average Bonchev–Trinajstić information content (AvgIpc) is 2.35. The van der Waals surface area contributed by atoms with E-state index in [-0.39, 0.29) is 5.57 Å². The second-order valence-electron chi connectivity index (χ2n) is 3.36. The van der Waals surface area contributed by atoms with Gasteiger partial charge in [0.15, 0.2) is 0 Å². The minimum atomic E-state index is -0.593. The second kappa shape index (κ2) is 6.72. The molecule has 0 bridgehead atoms. The van der Waals surface area contributed by atoms with Crippen LogP contribution in [-0.2, 0) is 9.53 Å². The molecule has 0 aliphatic heterocycles. The normalized spacial score (nSPS) is 10.8. The zero-order valence-corrected chi connectivity index (χ0v) is 10.2. The molecule has 0 amide bonds. The van der Waals surface area contributed by atoms with Crippen molar-refractivity contribution in [2.75, 3.05) is 6.61 Å². The van der Waals surface area contributed by atoms with E-state index >= 15 is 0 Å². The van der Waals surface area contributed by atoms with E-state index in [0.29, 0.717) is 11.6 Å². The Hall–Kier alpha value is -1.79. The van der Waals surface area contributed by atoms with Crippen LogP contribution < -0.4 is 0 Å². The SMILES string of the molecule is CCCOC(=O)/C(C#N)=C/c1ccc(Cl)cc1. The average molecular weight is 250 g/mol. The van der Waals surface area contributed by atoms with E-state index in [1.54, 1.807) is 24.3 Å². The Morgan fingerprint density at radius 3 is 2.65 bits per heavy atom. The Morgan fingerprint density at radius 2 is 2.12 bits per heavy atom. The van der Waals surface area contributed by atoms with Crippen molar-refractivity contribution in [1.82, 2.24) is 0 Å². The van der Waals surface area contributed by atoms with Gasteiger partial charge in [-0.25, -0.2) is 4.79 Å². The van der Waals surface area contributed by atoms with Crippen LogP contribution in [0.1, 0.15) is 18.9 Å². The van der Waals surface area contributed by atoms with Gasteiger partial charge in [0.05, 0.1) is 6.61 Å². The molecule has 0 unspecified atom stereocenters. The van der Waals surface area contributed by atoms with Gasteiger partial charge in [0.1, 0.15) is 11.6 Å². The molecule has 0 saturated carbocycles. The van der Waals surface area contributed by atoms with Crippen molar-refractivity contribution in [3.05, 3.63) is 40.4 Å². The third-order valence-electron chi connectivity index (χ3n) is 1.96. The van der Waals surface area contributed by atoms with Crippen molar-refractivity contribution < 1.29 is 9.53 Å². The van der Waals surface area contributed by atoms with Gasteiger partial charge in [0, 0.05) is 5.02 Å². The van der Waals surface area contributed by atoms with Gasteiger partial charge < -0.3 is 4.74 Å². The highest BCUT2D eigenvalue weighted by Gasteiger charge is 2.09. The Morgan fingerprint density at radius 1 is 1.47 bits per heavy atom. The summed E-state index contributed by atoms with van der Waals surface area (Å²) in [6.07, 6.45) is 2.21. The number of ether oxygens (including phenoxy) is 1. The van der Waals surface area contributed by atoms with Crippen LogP contribution in [0.15, 0.2) is 29.8 Å². The summed E-state index contributed by atoms with van der Waals surface area (Å²) < 4.78 is 4.88. The number of esters is 1. The van der Waals surface area contributed by atoms with Crippen molar-refractivity contribution in [2.24, 2.45) is 0 Å². The highest BCUT2D eigenvalue weighted by atomic mass is 35.5. The smallest absolute Gasteiger partial charge is 0.348 e. The monoisotopic (exact) mass is 249 g/mol. The summed E-state index contributed by atoms with van der Waals surface area (Å²) in [6, 6.07) is 8.67. The molecule has 88 valence electrons. The second-order valence-corrected chi connectivity index (χ2v) is 3.79. The number of nitriles is 1. The fourth-order valence-electron chi connectivity index (χ4n) is 1.14. The molecule has 0 aliphatic carbocycles.